The number of hydrogen-bond donors (Lipinski definition) is 1. The number of aromatic nitrogens is 3. The minimum Gasteiger partial charge on any atom is -0.341 e. The second-order valence-electron chi connectivity index (χ2n) is 6.62. The van der Waals surface area contributed by atoms with Crippen LogP contribution in [0, 0.1) is 18.7 Å². The number of benzene rings is 1. The van der Waals surface area contributed by atoms with Gasteiger partial charge in [0.15, 0.2) is 5.65 Å². The highest BCUT2D eigenvalue weighted by Crippen LogP contribution is 2.24. The van der Waals surface area contributed by atoms with Crippen LogP contribution in [0.4, 0.5) is 16.0 Å². The van der Waals surface area contributed by atoms with Gasteiger partial charge in [0, 0.05) is 30.4 Å². The van der Waals surface area contributed by atoms with Gasteiger partial charge in [0.1, 0.15) is 5.82 Å². The van der Waals surface area contributed by atoms with Gasteiger partial charge in [-0.15, -0.1) is 10.2 Å². The van der Waals surface area contributed by atoms with Crippen LogP contribution < -0.4 is 10.2 Å². The number of nitrogens with one attached hydrogen (secondary N) is 1. The summed E-state index contributed by atoms with van der Waals surface area (Å²) in [7, 11) is 0. The minimum absolute atomic E-state index is 0.0578. The summed E-state index contributed by atoms with van der Waals surface area (Å²) in [6, 6.07) is 11.9. The number of aryl methyl sites for hydroxylation is 1. The first-order valence-corrected chi connectivity index (χ1v) is 8.74. The minimum atomic E-state index is -0.355. The highest BCUT2D eigenvalue weighted by Gasteiger charge is 2.27. The molecule has 1 amide bonds. The van der Waals surface area contributed by atoms with Crippen molar-refractivity contribution in [1.29, 1.82) is 0 Å². The maximum absolute atomic E-state index is 13.3. The Morgan fingerprint density at radius 3 is 2.69 bits per heavy atom. The number of hydrogen-bond acceptors (Lipinski definition) is 4. The zero-order chi connectivity index (χ0) is 18.1. The molecule has 0 radical (unpaired) electrons. The summed E-state index contributed by atoms with van der Waals surface area (Å²) in [5, 5.41) is 11.4. The number of nitrogens with zero attached hydrogens (tertiary/aromatic N) is 4. The first kappa shape index (κ1) is 16.5. The molecule has 26 heavy (non-hydrogen) atoms. The molecule has 0 saturated carbocycles. The van der Waals surface area contributed by atoms with E-state index in [4.69, 9.17) is 0 Å². The van der Waals surface area contributed by atoms with Gasteiger partial charge in [-0.1, -0.05) is 12.1 Å². The van der Waals surface area contributed by atoms with Crippen LogP contribution in [0.1, 0.15) is 18.5 Å². The van der Waals surface area contributed by atoms with Crippen LogP contribution in [0.15, 0.2) is 42.5 Å². The number of anilines is 2. The Kier molecular flexibility index (Phi) is 4.28. The Hall–Kier alpha value is -2.96. The van der Waals surface area contributed by atoms with Crippen LogP contribution in [-0.4, -0.2) is 33.6 Å². The van der Waals surface area contributed by atoms with Crippen molar-refractivity contribution in [3.8, 4) is 0 Å². The predicted octanol–water partition coefficient (Wildman–Crippen LogP) is 3.03. The lowest BCUT2D eigenvalue weighted by molar-refractivity contribution is -0.120. The summed E-state index contributed by atoms with van der Waals surface area (Å²) in [6.07, 6.45) is 1.45. The Bertz CT molecular complexity index is 946. The van der Waals surface area contributed by atoms with E-state index in [0.717, 1.165) is 43.2 Å². The molecule has 1 N–H and O–H groups in total. The van der Waals surface area contributed by atoms with Crippen LogP contribution in [0.2, 0.25) is 0 Å². The van der Waals surface area contributed by atoms with Gasteiger partial charge in [0.25, 0.3) is 0 Å². The Balaban J connectivity index is 1.43. The van der Waals surface area contributed by atoms with Crippen LogP contribution in [0.25, 0.3) is 5.65 Å². The third-order valence-corrected chi connectivity index (χ3v) is 4.85. The topological polar surface area (TPSA) is 62.5 Å². The van der Waals surface area contributed by atoms with Gasteiger partial charge >= 0.3 is 0 Å². The molecule has 1 aromatic carbocycles. The smallest absolute Gasteiger partial charge is 0.231 e. The number of fused-ring (bicyclic) bond motifs is 1. The van der Waals surface area contributed by atoms with E-state index < -0.39 is 0 Å². The highest BCUT2D eigenvalue weighted by molar-refractivity contribution is 5.92. The number of carbonyl (C=O) groups is 1. The van der Waals surface area contributed by atoms with Crippen LogP contribution in [0.3, 0.4) is 0 Å². The van der Waals surface area contributed by atoms with Gasteiger partial charge in [-0.3, -0.25) is 9.20 Å². The van der Waals surface area contributed by atoms with Crippen molar-refractivity contribution in [2.24, 2.45) is 5.92 Å². The molecule has 3 heterocycles. The first-order valence-electron chi connectivity index (χ1n) is 8.74. The fraction of sp³-hybridized carbons (Fsp3) is 0.316. The average Bonchev–Trinajstić information content (AvgIpc) is 3.07. The number of carbonyl (C=O) groups excluding carboxylic acids is 1. The van der Waals surface area contributed by atoms with Crippen molar-refractivity contribution in [2.75, 3.05) is 23.3 Å². The molecule has 4 rings (SSSR count). The van der Waals surface area contributed by atoms with Gasteiger partial charge < -0.3 is 10.2 Å². The van der Waals surface area contributed by atoms with Gasteiger partial charge in [-0.05, 0) is 50.1 Å². The zero-order valence-corrected chi connectivity index (χ0v) is 14.5. The SMILES string of the molecule is Cc1cccc2nnc(N3CCC(C(=O)Nc4cccc(F)c4)CC3)n12. The quantitative estimate of drug-likeness (QED) is 0.786. The normalized spacial score (nSPS) is 15.4. The van der Waals surface area contributed by atoms with E-state index in [0.29, 0.717) is 5.69 Å². The molecule has 2 aromatic heterocycles. The molecule has 0 atom stereocenters. The van der Waals surface area contributed by atoms with Crippen LogP contribution >= 0.6 is 0 Å². The lowest BCUT2D eigenvalue weighted by Crippen LogP contribution is -2.39. The molecule has 1 saturated heterocycles. The summed E-state index contributed by atoms with van der Waals surface area (Å²) >= 11 is 0. The molecule has 3 aromatic rings. The van der Waals surface area contributed by atoms with Gasteiger partial charge in [0.05, 0.1) is 0 Å². The zero-order valence-electron chi connectivity index (χ0n) is 14.5. The molecular formula is C19H20FN5O. The molecule has 6 nitrogen and oxygen atoms in total. The fourth-order valence-electron chi connectivity index (χ4n) is 3.44. The molecule has 134 valence electrons. The Morgan fingerprint density at radius 1 is 1.15 bits per heavy atom. The van der Waals surface area contributed by atoms with Crippen molar-refractivity contribution < 1.29 is 9.18 Å². The number of halogens is 1. The molecular weight excluding hydrogens is 333 g/mol. The third kappa shape index (κ3) is 3.12. The van der Waals surface area contributed by atoms with E-state index in [1.807, 2.05) is 29.5 Å². The van der Waals surface area contributed by atoms with E-state index >= 15 is 0 Å². The summed E-state index contributed by atoms with van der Waals surface area (Å²) in [4.78, 5) is 14.6. The van der Waals surface area contributed by atoms with Crippen molar-refractivity contribution in [2.45, 2.75) is 19.8 Å². The number of piperidine rings is 1. The van der Waals surface area contributed by atoms with E-state index in [1.165, 1.54) is 12.1 Å². The largest absolute Gasteiger partial charge is 0.341 e. The van der Waals surface area contributed by atoms with Gasteiger partial charge in [-0.2, -0.15) is 0 Å². The monoisotopic (exact) mass is 353 g/mol. The van der Waals surface area contributed by atoms with Gasteiger partial charge in [-0.25, -0.2) is 4.39 Å². The summed E-state index contributed by atoms with van der Waals surface area (Å²) in [6.45, 7) is 3.49. The molecule has 0 aliphatic carbocycles. The average molecular weight is 353 g/mol. The fourth-order valence-corrected chi connectivity index (χ4v) is 3.44. The second kappa shape index (κ2) is 6.74. The molecule has 1 aliphatic rings. The lowest BCUT2D eigenvalue weighted by Gasteiger charge is -2.31. The molecule has 1 fully saturated rings. The lowest BCUT2D eigenvalue weighted by atomic mass is 9.96. The molecule has 7 heteroatoms. The summed E-state index contributed by atoms with van der Waals surface area (Å²) < 4.78 is 15.3. The summed E-state index contributed by atoms with van der Waals surface area (Å²) in [5.74, 6) is 0.320. The highest BCUT2D eigenvalue weighted by atomic mass is 19.1. The maximum atomic E-state index is 13.3. The number of amides is 1. The van der Waals surface area contributed by atoms with E-state index in [1.54, 1.807) is 12.1 Å². The van der Waals surface area contributed by atoms with Crippen molar-refractivity contribution in [3.05, 3.63) is 54.0 Å². The number of rotatable bonds is 3. The molecule has 0 spiro atoms. The van der Waals surface area contributed by atoms with E-state index in [-0.39, 0.29) is 17.6 Å². The summed E-state index contributed by atoms with van der Waals surface area (Å²) in [5.41, 5.74) is 2.40. The van der Waals surface area contributed by atoms with Crippen molar-refractivity contribution in [3.63, 3.8) is 0 Å². The first-order chi connectivity index (χ1) is 12.6. The molecule has 0 bridgehead atoms. The molecule has 1 aliphatic heterocycles. The predicted molar refractivity (Wildman–Crippen MR) is 97.7 cm³/mol. The van der Waals surface area contributed by atoms with Crippen molar-refractivity contribution >= 4 is 23.2 Å². The number of pyridine rings is 1. The maximum Gasteiger partial charge on any atom is 0.231 e. The standard InChI is InChI=1S/C19H20FN5O/c1-13-4-2-7-17-22-23-19(25(13)17)24-10-8-14(9-11-24)18(26)21-16-6-3-5-15(20)12-16/h2-7,12,14H,8-11H2,1H3,(H,21,26). The molecule has 0 unspecified atom stereocenters. The van der Waals surface area contributed by atoms with E-state index in [2.05, 4.69) is 20.4 Å². The second-order valence-corrected chi connectivity index (χ2v) is 6.62. The Labute approximate surface area is 150 Å². The van der Waals surface area contributed by atoms with Crippen molar-refractivity contribution in [1.82, 2.24) is 14.6 Å². The van der Waals surface area contributed by atoms with E-state index in [9.17, 15) is 9.18 Å². The van der Waals surface area contributed by atoms with Crippen LogP contribution in [-0.2, 0) is 4.79 Å². The van der Waals surface area contributed by atoms with Gasteiger partial charge in [0.2, 0.25) is 11.9 Å². The Morgan fingerprint density at radius 2 is 1.92 bits per heavy atom. The third-order valence-electron chi connectivity index (χ3n) is 4.85. The van der Waals surface area contributed by atoms with Crippen LogP contribution in [0.5, 0.6) is 0 Å².